The minimum absolute atomic E-state index is 0.121. The van der Waals surface area contributed by atoms with Gasteiger partial charge in [0.15, 0.2) is 23.8 Å². The van der Waals surface area contributed by atoms with E-state index in [0.717, 1.165) is 101 Å². The van der Waals surface area contributed by atoms with Gasteiger partial charge in [0.25, 0.3) is 0 Å². The van der Waals surface area contributed by atoms with E-state index in [1.807, 2.05) is 148 Å². The molecular formula is C60H126N24. The van der Waals surface area contributed by atoms with Crippen LogP contribution in [-0.2, 0) is 0 Å². The van der Waals surface area contributed by atoms with Crippen LogP contribution < -0.4 is 27.8 Å². The molecule has 24 nitrogen and oxygen atoms in total. The van der Waals surface area contributed by atoms with Crippen molar-refractivity contribution >= 4 is 53.0 Å². The quantitative estimate of drug-likeness (QED) is 0.109. The fraction of sp³-hybridized carbons (Fsp3) is 0.750. The Morgan fingerprint density at radius 3 is 1.29 bits per heavy atom. The van der Waals surface area contributed by atoms with Gasteiger partial charge in [-0.3, -0.25) is 46.2 Å². The molecule has 0 bridgehead atoms. The molecule has 2 saturated heterocycles. The lowest BCUT2D eigenvalue weighted by atomic mass is 10.2. The standard InChI is InChI=1S/C9H21N3.C9H16N2.C7H12N2.C7H8N2.C6H13N3.C6H15N3.C5H13N3.C5H12N2.C4H8N2.C2H8N2/c1-5-11(6-2)9(10)12(7-3)8-4;1-2-5-9-10-6-4-8-11(9)7-3-1;1-3-7-8-4-2-6-9(7)5-1;8-7(9)6-4-2-1-3-5-6;1-9(2)6-7-4-3-5-8-6;1-7-6(8(2)3)9(4)5;1-7(2)5(6)8(3)4;1-5(6-2)7(3)4;1-4-5-2-3-6-4;1-2(3)4/h10H,5-8H2,1-4H3;1-8H2;1-6H2;1-5H,(H3,8,9);3-5H2,1-2H3,(H,7,8);1-5H3;6H,1-4H3;1-4H3;2-3H2,1H3,(H,5,6);2H,3-4H2,1H3. The van der Waals surface area contributed by atoms with Gasteiger partial charge in [-0.25, -0.2) is 0 Å². The highest BCUT2D eigenvalue weighted by Gasteiger charge is 2.20. The van der Waals surface area contributed by atoms with Gasteiger partial charge in [0.05, 0.1) is 29.9 Å². The number of rotatable bonds is 5. The third-order valence-electron chi connectivity index (χ3n) is 12.8. The molecule has 84 heavy (non-hydrogen) atoms. The summed E-state index contributed by atoms with van der Waals surface area (Å²) in [7, 11) is 26.8. The number of amidine groups is 5. The zero-order chi connectivity index (χ0) is 64.6. The second-order valence-corrected chi connectivity index (χ2v) is 21.4. The maximum atomic E-state index is 7.86. The lowest BCUT2D eigenvalue weighted by Gasteiger charge is -2.30. The predicted octanol–water partition coefficient (Wildman–Crippen LogP) is 5.02. The highest BCUT2D eigenvalue weighted by molar-refractivity contribution is 5.94. The first-order valence-electron chi connectivity index (χ1n) is 30.3. The fourth-order valence-electron chi connectivity index (χ4n) is 8.14. The van der Waals surface area contributed by atoms with Crippen molar-refractivity contribution in [2.75, 3.05) is 190 Å². The van der Waals surface area contributed by atoms with Crippen molar-refractivity contribution in [1.29, 1.82) is 16.2 Å². The van der Waals surface area contributed by atoms with E-state index in [1.165, 1.54) is 89.2 Å². The average molecular weight is 1180 g/mol. The summed E-state index contributed by atoms with van der Waals surface area (Å²) in [5, 5.41) is 28.4. The lowest BCUT2D eigenvalue weighted by Crippen LogP contribution is -2.43. The van der Waals surface area contributed by atoms with Crippen molar-refractivity contribution in [2.24, 2.45) is 47.2 Å². The maximum Gasteiger partial charge on any atom is 0.195 e. The Balaban J connectivity index is -0.000000876. The molecule has 24 heteroatoms. The molecule has 6 aliphatic heterocycles. The summed E-state index contributed by atoms with van der Waals surface area (Å²) in [6.45, 7) is 28.9. The van der Waals surface area contributed by atoms with Crippen LogP contribution in [0.4, 0.5) is 0 Å². The normalized spacial score (nSPS) is 14.9. The molecule has 7 rings (SSSR count). The van der Waals surface area contributed by atoms with Crippen molar-refractivity contribution in [3.8, 4) is 0 Å². The molecule has 0 saturated carbocycles. The maximum absolute atomic E-state index is 7.86. The van der Waals surface area contributed by atoms with Gasteiger partial charge >= 0.3 is 0 Å². The number of nitrogens with zero attached hydrogens (tertiary/aromatic N) is 16. The minimum Gasteiger partial charge on any atom is -0.384 e. The number of aliphatic imine (C=N–C) groups is 6. The molecular weight excluding hydrogens is 1060 g/mol. The number of nitrogens with two attached hydrogens (primary N) is 3. The van der Waals surface area contributed by atoms with Gasteiger partial charge in [-0.2, -0.15) is 0 Å². The van der Waals surface area contributed by atoms with Gasteiger partial charge in [0.2, 0.25) is 0 Å². The molecule has 11 N–H and O–H groups in total. The minimum atomic E-state index is -0.167. The Bertz CT molecular complexity index is 1970. The van der Waals surface area contributed by atoms with Crippen LogP contribution >= 0.6 is 0 Å². The summed E-state index contributed by atoms with van der Waals surface area (Å²) in [6.07, 6.45) is 11.5. The van der Waals surface area contributed by atoms with Crippen molar-refractivity contribution in [1.82, 2.24) is 59.6 Å². The summed E-state index contributed by atoms with van der Waals surface area (Å²) in [4.78, 5) is 45.7. The molecule has 486 valence electrons. The van der Waals surface area contributed by atoms with E-state index in [2.05, 4.69) is 87.9 Å². The SMILES string of the molecule is C1CCC2=NCCCN2CC1.C1CN=C2CCCN2C1.CC(N)N.CC1=NCCN1.CCN(CC)C(=N)N(CC)CC.CN(C)C(=N)N(C)C.CN(C)C1=NCCCN1.CN=C(C)N(C)C.CN=C(N(C)C)N(C)C.N=C(N)c1ccccc1. The van der Waals surface area contributed by atoms with Gasteiger partial charge in [-0.15, -0.1) is 0 Å². The lowest BCUT2D eigenvalue weighted by molar-refractivity contribution is 0.347. The smallest absolute Gasteiger partial charge is 0.195 e. The molecule has 0 amide bonds. The van der Waals surface area contributed by atoms with Crippen molar-refractivity contribution < 1.29 is 0 Å². The second kappa shape index (κ2) is 51.0. The summed E-state index contributed by atoms with van der Waals surface area (Å²) < 4.78 is 0. The molecule has 6 heterocycles. The molecule has 2 fully saturated rings. The molecule has 0 unspecified atom stereocenters. The van der Waals surface area contributed by atoms with Crippen LogP contribution in [0.25, 0.3) is 0 Å². The van der Waals surface area contributed by atoms with Crippen molar-refractivity contribution in [2.45, 2.75) is 112 Å². The molecule has 0 atom stereocenters. The highest BCUT2D eigenvalue weighted by Crippen LogP contribution is 2.16. The first-order chi connectivity index (χ1) is 39.7. The van der Waals surface area contributed by atoms with Gasteiger partial charge in [-0.05, 0) is 87.0 Å². The van der Waals surface area contributed by atoms with E-state index < -0.39 is 0 Å². The topological polar surface area (TPSA) is 280 Å². The van der Waals surface area contributed by atoms with Crippen LogP contribution in [0.1, 0.15) is 112 Å². The number of nitrogen functional groups attached to an aromatic ring is 1. The summed E-state index contributed by atoms with van der Waals surface area (Å²) in [5.74, 6) is 8.20. The number of hydrogen-bond acceptors (Lipinski definition) is 16. The summed E-state index contributed by atoms with van der Waals surface area (Å²) in [5.41, 5.74) is 15.8. The second-order valence-electron chi connectivity index (χ2n) is 21.4. The van der Waals surface area contributed by atoms with Crippen molar-refractivity contribution in [3.05, 3.63) is 35.9 Å². The number of nitrogens with one attached hydrogen (secondary N) is 5. The number of hydrogen-bond donors (Lipinski definition) is 8. The Labute approximate surface area is 512 Å². The molecule has 0 aromatic heterocycles. The van der Waals surface area contributed by atoms with Crippen LogP contribution in [0.3, 0.4) is 0 Å². The van der Waals surface area contributed by atoms with Crippen LogP contribution in [0.2, 0.25) is 0 Å². The Kier molecular flexibility index (Phi) is 49.7. The molecule has 0 aliphatic carbocycles. The van der Waals surface area contributed by atoms with E-state index in [-0.39, 0.29) is 12.0 Å². The highest BCUT2D eigenvalue weighted by atomic mass is 15.4. The summed E-state index contributed by atoms with van der Waals surface area (Å²) >= 11 is 0. The molecule has 6 aliphatic rings. The monoisotopic (exact) mass is 1180 g/mol. The van der Waals surface area contributed by atoms with Crippen LogP contribution in [0.5, 0.6) is 0 Å². The number of guanidine groups is 4. The predicted molar refractivity (Wildman–Crippen MR) is 367 cm³/mol. The van der Waals surface area contributed by atoms with E-state index >= 15 is 0 Å². The zero-order valence-corrected chi connectivity index (χ0v) is 57.1. The van der Waals surface area contributed by atoms with E-state index in [1.54, 1.807) is 30.8 Å². The summed E-state index contributed by atoms with van der Waals surface area (Å²) in [6, 6.07) is 9.23. The van der Waals surface area contributed by atoms with E-state index in [9.17, 15) is 0 Å². The first kappa shape index (κ1) is 81.8. The Hall–Kier alpha value is -6.43. The van der Waals surface area contributed by atoms with Crippen molar-refractivity contribution in [3.63, 3.8) is 0 Å². The third-order valence-corrected chi connectivity index (χ3v) is 12.8. The molecule has 1 aromatic rings. The van der Waals surface area contributed by atoms with Crippen LogP contribution in [0, 0.1) is 16.2 Å². The van der Waals surface area contributed by atoms with Crippen LogP contribution in [-0.4, -0.2) is 298 Å². The van der Waals surface area contributed by atoms with Gasteiger partial charge < -0.3 is 76.8 Å². The zero-order valence-electron chi connectivity index (χ0n) is 57.1. The Morgan fingerprint density at radius 1 is 0.560 bits per heavy atom. The van der Waals surface area contributed by atoms with Gasteiger partial charge in [0.1, 0.15) is 5.84 Å². The largest absolute Gasteiger partial charge is 0.384 e. The fourth-order valence-corrected chi connectivity index (χ4v) is 8.14. The average Bonchev–Trinajstić information content (AvgIpc) is 4.14. The molecule has 0 spiro atoms. The first-order valence-corrected chi connectivity index (χ1v) is 30.3. The molecule has 0 radical (unpaired) electrons. The van der Waals surface area contributed by atoms with E-state index in [4.69, 9.17) is 33.4 Å². The van der Waals surface area contributed by atoms with Gasteiger partial charge in [0, 0.05) is 208 Å². The third kappa shape index (κ3) is 41.5. The number of fused-ring (bicyclic) bond motifs is 2. The van der Waals surface area contributed by atoms with E-state index in [0.29, 0.717) is 11.9 Å². The molecule has 1 aromatic carbocycles. The Morgan fingerprint density at radius 2 is 1.01 bits per heavy atom. The van der Waals surface area contributed by atoms with Crippen LogP contribution in [0.15, 0.2) is 60.3 Å². The van der Waals surface area contributed by atoms with Gasteiger partial charge in [-0.1, -0.05) is 36.8 Å². The number of benzene rings is 1.